The fraction of sp³-hybridized carbons (Fsp3) is 0.562. The summed E-state index contributed by atoms with van der Waals surface area (Å²) in [6.07, 6.45) is 3.83. The Morgan fingerprint density at radius 3 is 2.95 bits per heavy atom. The Morgan fingerprint density at radius 1 is 1.52 bits per heavy atom. The lowest BCUT2D eigenvalue weighted by Crippen LogP contribution is -2.41. The van der Waals surface area contributed by atoms with Crippen molar-refractivity contribution in [1.82, 2.24) is 5.32 Å². The summed E-state index contributed by atoms with van der Waals surface area (Å²) in [7, 11) is 1.60. The van der Waals surface area contributed by atoms with Crippen LogP contribution in [0.25, 0.3) is 0 Å². The zero-order valence-corrected chi connectivity index (χ0v) is 12.8. The topological polar surface area (TPSA) is 87.4 Å². The van der Waals surface area contributed by atoms with E-state index in [1.54, 1.807) is 25.2 Å². The largest absolute Gasteiger partial charge is 0.397 e. The SMILES string of the molecule is CNC(=O)c1ccc(N)c(NCC2(O)CCCC(C)C2)c1. The van der Waals surface area contributed by atoms with Gasteiger partial charge in [-0.3, -0.25) is 4.79 Å². The molecular formula is C16H25N3O2. The summed E-state index contributed by atoms with van der Waals surface area (Å²) in [6.45, 7) is 2.63. The first-order valence-corrected chi connectivity index (χ1v) is 7.51. The Labute approximate surface area is 125 Å². The molecule has 0 heterocycles. The normalized spacial score (nSPS) is 25.4. The molecule has 1 fully saturated rings. The summed E-state index contributed by atoms with van der Waals surface area (Å²) in [6, 6.07) is 5.13. The summed E-state index contributed by atoms with van der Waals surface area (Å²) >= 11 is 0. The fourth-order valence-corrected chi connectivity index (χ4v) is 3.05. The number of nitrogens with two attached hydrogens (primary N) is 1. The molecular weight excluding hydrogens is 266 g/mol. The molecule has 2 atom stereocenters. The summed E-state index contributed by atoms with van der Waals surface area (Å²) < 4.78 is 0. The van der Waals surface area contributed by atoms with Crippen molar-refractivity contribution < 1.29 is 9.90 Å². The average Bonchev–Trinajstić information content (AvgIpc) is 2.45. The third-order valence-electron chi connectivity index (χ3n) is 4.22. The number of carbonyl (C=O) groups is 1. The van der Waals surface area contributed by atoms with Crippen LogP contribution < -0.4 is 16.4 Å². The standard InChI is InChI=1S/C16H25N3O2/c1-11-4-3-7-16(21,9-11)10-19-14-8-12(15(20)18-2)5-6-13(14)17/h5-6,8,11,19,21H,3-4,7,9-10,17H2,1-2H3,(H,18,20). The molecule has 1 saturated carbocycles. The maximum Gasteiger partial charge on any atom is 0.251 e. The van der Waals surface area contributed by atoms with Crippen molar-refractivity contribution in [2.45, 2.75) is 38.2 Å². The van der Waals surface area contributed by atoms with Crippen molar-refractivity contribution in [3.63, 3.8) is 0 Å². The minimum absolute atomic E-state index is 0.150. The number of nitrogen functional groups attached to an aromatic ring is 1. The summed E-state index contributed by atoms with van der Waals surface area (Å²) in [4.78, 5) is 11.7. The Balaban J connectivity index is 2.07. The summed E-state index contributed by atoms with van der Waals surface area (Å²) in [5.41, 5.74) is 7.08. The van der Waals surface area contributed by atoms with E-state index in [0.29, 0.717) is 29.4 Å². The molecule has 116 valence electrons. The first kappa shape index (κ1) is 15.6. The lowest BCUT2D eigenvalue weighted by atomic mass is 9.79. The van der Waals surface area contributed by atoms with E-state index in [1.807, 2.05) is 0 Å². The van der Waals surface area contributed by atoms with Gasteiger partial charge in [0.2, 0.25) is 0 Å². The van der Waals surface area contributed by atoms with E-state index in [1.165, 1.54) is 6.42 Å². The first-order chi connectivity index (χ1) is 9.93. The van der Waals surface area contributed by atoms with Crippen molar-refractivity contribution in [2.24, 2.45) is 5.92 Å². The van der Waals surface area contributed by atoms with Gasteiger partial charge in [0.05, 0.1) is 17.0 Å². The third kappa shape index (κ3) is 3.88. The van der Waals surface area contributed by atoms with E-state index in [2.05, 4.69) is 17.6 Å². The monoisotopic (exact) mass is 291 g/mol. The quantitative estimate of drug-likeness (QED) is 0.639. The van der Waals surface area contributed by atoms with Crippen LogP contribution in [0.15, 0.2) is 18.2 Å². The molecule has 5 heteroatoms. The summed E-state index contributed by atoms with van der Waals surface area (Å²) in [5.74, 6) is 0.392. The van der Waals surface area contributed by atoms with Gasteiger partial charge in [-0.2, -0.15) is 0 Å². The number of benzene rings is 1. The molecule has 0 saturated heterocycles. The maximum absolute atomic E-state index is 11.7. The van der Waals surface area contributed by atoms with Crippen molar-refractivity contribution in [2.75, 3.05) is 24.6 Å². The van der Waals surface area contributed by atoms with E-state index in [0.717, 1.165) is 19.3 Å². The van der Waals surface area contributed by atoms with E-state index in [4.69, 9.17) is 5.73 Å². The van der Waals surface area contributed by atoms with Gasteiger partial charge < -0.3 is 21.5 Å². The van der Waals surface area contributed by atoms with Crippen LogP contribution in [0.4, 0.5) is 11.4 Å². The predicted molar refractivity (Wildman–Crippen MR) is 85.3 cm³/mol. The van der Waals surface area contributed by atoms with Crippen LogP contribution >= 0.6 is 0 Å². The van der Waals surface area contributed by atoms with Crippen LogP contribution in [-0.4, -0.2) is 30.2 Å². The molecule has 21 heavy (non-hydrogen) atoms. The Kier molecular flexibility index (Phi) is 4.73. The van der Waals surface area contributed by atoms with Gasteiger partial charge in [-0.25, -0.2) is 0 Å². The first-order valence-electron chi connectivity index (χ1n) is 7.51. The maximum atomic E-state index is 11.7. The second-order valence-corrected chi connectivity index (χ2v) is 6.16. The molecule has 2 unspecified atom stereocenters. The highest BCUT2D eigenvalue weighted by Gasteiger charge is 2.32. The highest BCUT2D eigenvalue weighted by atomic mass is 16.3. The van der Waals surface area contributed by atoms with Crippen molar-refractivity contribution in [1.29, 1.82) is 0 Å². The van der Waals surface area contributed by atoms with E-state index < -0.39 is 5.60 Å². The average molecular weight is 291 g/mol. The van der Waals surface area contributed by atoms with Gasteiger partial charge in [0, 0.05) is 19.2 Å². The highest BCUT2D eigenvalue weighted by molar-refractivity contribution is 5.96. The number of amides is 1. The van der Waals surface area contributed by atoms with Gasteiger partial charge in [0.25, 0.3) is 5.91 Å². The molecule has 2 rings (SSSR count). The molecule has 1 amide bonds. The third-order valence-corrected chi connectivity index (χ3v) is 4.22. The lowest BCUT2D eigenvalue weighted by Gasteiger charge is -2.36. The second-order valence-electron chi connectivity index (χ2n) is 6.16. The number of carbonyl (C=O) groups excluding carboxylic acids is 1. The molecule has 0 bridgehead atoms. The van der Waals surface area contributed by atoms with Gasteiger partial charge in [0.15, 0.2) is 0 Å². The molecule has 0 aliphatic heterocycles. The fourth-order valence-electron chi connectivity index (χ4n) is 3.05. The van der Waals surface area contributed by atoms with Crippen molar-refractivity contribution in [3.8, 4) is 0 Å². The Morgan fingerprint density at radius 2 is 2.29 bits per heavy atom. The van der Waals surface area contributed by atoms with E-state index in [9.17, 15) is 9.90 Å². The number of hydrogen-bond donors (Lipinski definition) is 4. The van der Waals surface area contributed by atoms with Crippen molar-refractivity contribution in [3.05, 3.63) is 23.8 Å². The van der Waals surface area contributed by atoms with Gasteiger partial charge >= 0.3 is 0 Å². The molecule has 5 N–H and O–H groups in total. The van der Waals surface area contributed by atoms with Crippen LogP contribution in [0.5, 0.6) is 0 Å². The van der Waals surface area contributed by atoms with Gasteiger partial charge in [0.1, 0.15) is 0 Å². The van der Waals surface area contributed by atoms with Gasteiger partial charge in [-0.15, -0.1) is 0 Å². The molecule has 1 aromatic carbocycles. The summed E-state index contributed by atoms with van der Waals surface area (Å²) in [5, 5.41) is 16.4. The minimum Gasteiger partial charge on any atom is -0.397 e. The molecule has 0 spiro atoms. The van der Waals surface area contributed by atoms with Crippen LogP contribution in [0.3, 0.4) is 0 Å². The number of aliphatic hydroxyl groups is 1. The van der Waals surface area contributed by atoms with Gasteiger partial charge in [-0.05, 0) is 37.0 Å². The molecule has 5 nitrogen and oxygen atoms in total. The number of hydrogen-bond acceptors (Lipinski definition) is 4. The van der Waals surface area contributed by atoms with Crippen LogP contribution in [0.1, 0.15) is 43.0 Å². The zero-order valence-electron chi connectivity index (χ0n) is 12.8. The number of anilines is 2. The molecule has 0 aromatic heterocycles. The number of nitrogens with one attached hydrogen (secondary N) is 2. The Bertz CT molecular complexity index is 518. The molecule has 1 aliphatic carbocycles. The van der Waals surface area contributed by atoms with Crippen molar-refractivity contribution >= 4 is 17.3 Å². The van der Waals surface area contributed by atoms with Crippen LogP contribution in [-0.2, 0) is 0 Å². The number of rotatable bonds is 4. The zero-order chi connectivity index (χ0) is 15.5. The molecule has 0 radical (unpaired) electrons. The molecule has 1 aromatic rings. The Hall–Kier alpha value is -1.75. The van der Waals surface area contributed by atoms with E-state index in [-0.39, 0.29) is 5.91 Å². The minimum atomic E-state index is -0.687. The smallest absolute Gasteiger partial charge is 0.251 e. The van der Waals surface area contributed by atoms with Crippen LogP contribution in [0, 0.1) is 5.92 Å². The van der Waals surface area contributed by atoms with Gasteiger partial charge in [-0.1, -0.05) is 19.8 Å². The second kappa shape index (κ2) is 6.35. The lowest BCUT2D eigenvalue weighted by molar-refractivity contribution is -0.000749. The highest BCUT2D eigenvalue weighted by Crippen LogP contribution is 2.33. The predicted octanol–water partition coefficient (Wildman–Crippen LogP) is 1.98. The van der Waals surface area contributed by atoms with Crippen LogP contribution in [0.2, 0.25) is 0 Å². The molecule has 1 aliphatic rings. The van der Waals surface area contributed by atoms with E-state index >= 15 is 0 Å².